The maximum Gasteiger partial charge on any atom is 0.0194 e. The Bertz CT molecular complexity index is 148. The number of nitrogens with zero attached hydrogens (tertiary/aromatic N) is 2. The van der Waals surface area contributed by atoms with Crippen molar-refractivity contribution in [1.82, 2.24) is 15.1 Å². The molecule has 2 unspecified atom stereocenters. The Morgan fingerprint density at radius 2 is 1.80 bits per heavy atom. The van der Waals surface area contributed by atoms with Gasteiger partial charge in [0.15, 0.2) is 0 Å². The molecule has 0 radical (unpaired) electrons. The van der Waals surface area contributed by atoms with Crippen molar-refractivity contribution in [2.75, 3.05) is 40.8 Å². The predicted molar refractivity (Wildman–Crippen MR) is 68.4 cm³/mol. The maximum atomic E-state index is 3.29. The monoisotopic (exact) mass is 215 g/mol. The lowest BCUT2D eigenvalue weighted by atomic mass is 10.2. The van der Waals surface area contributed by atoms with Crippen molar-refractivity contribution in [3.63, 3.8) is 0 Å². The topological polar surface area (TPSA) is 18.5 Å². The Morgan fingerprint density at radius 3 is 2.20 bits per heavy atom. The Kier molecular flexibility index (Phi) is 8.02. The average Bonchev–Trinajstić information content (AvgIpc) is 2.17. The molecule has 0 aromatic carbocycles. The van der Waals surface area contributed by atoms with E-state index in [1.807, 2.05) is 7.05 Å². The Labute approximate surface area is 95.8 Å². The third-order valence-electron chi connectivity index (χ3n) is 3.00. The van der Waals surface area contributed by atoms with Gasteiger partial charge in [0.1, 0.15) is 0 Å². The van der Waals surface area contributed by atoms with E-state index < -0.39 is 0 Å². The van der Waals surface area contributed by atoms with Crippen LogP contribution in [-0.4, -0.2) is 62.7 Å². The molecular formula is C12H29N3. The molecule has 0 spiro atoms. The van der Waals surface area contributed by atoms with Gasteiger partial charge in [-0.2, -0.15) is 0 Å². The van der Waals surface area contributed by atoms with Crippen LogP contribution in [0.15, 0.2) is 0 Å². The minimum absolute atomic E-state index is 0.616. The maximum absolute atomic E-state index is 3.29. The zero-order valence-electron chi connectivity index (χ0n) is 11.4. The van der Waals surface area contributed by atoms with E-state index in [-0.39, 0.29) is 0 Å². The lowest BCUT2D eigenvalue weighted by Crippen LogP contribution is -2.41. The van der Waals surface area contributed by atoms with Gasteiger partial charge in [-0.1, -0.05) is 6.92 Å². The van der Waals surface area contributed by atoms with Crippen LogP contribution in [0.2, 0.25) is 0 Å². The first-order chi connectivity index (χ1) is 7.01. The molecule has 0 saturated heterocycles. The standard InChI is InChI=1S/C12H29N3/c1-7-15(9-8-11(2)13-4)12(3)10-14(5)6/h11-13H,7-10H2,1-6H3. The minimum atomic E-state index is 0.616. The largest absolute Gasteiger partial charge is 0.317 e. The summed E-state index contributed by atoms with van der Waals surface area (Å²) in [6, 6.07) is 1.26. The van der Waals surface area contributed by atoms with E-state index in [0.717, 1.165) is 13.1 Å². The molecule has 3 nitrogen and oxygen atoms in total. The van der Waals surface area contributed by atoms with Crippen molar-refractivity contribution in [3.05, 3.63) is 0 Å². The summed E-state index contributed by atoms with van der Waals surface area (Å²) in [4.78, 5) is 4.81. The average molecular weight is 215 g/mol. The molecule has 15 heavy (non-hydrogen) atoms. The molecule has 1 N–H and O–H groups in total. The Morgan fingerprint density at radius 1 is 1.20 bits per heavy atom. The molecule has 0 amide bonds. The van der Waals surface area contributed by atoms with Crippen molar-refractivity contribution < 1.29 is 0 Å². The molecule has 0 fully saturated rings. The van der Waals surface area contributed by atoms with E-state index >= 15 is 0 Å². The predicted octanol–water partition coefficient (Wildman–Crippen LogP) is 1.26. The van der Waals surface area contributed by atoms with E-state index in [9.17, 15) is 0 Å². The van der Waals surface area contributed by atoms with Gasteiger partial charge in [-0.05, 0) is 54.5 Å². The molecule has 2 atom stereocenters. The van der Waals surface area contributed by atoms with Crippen molar-refractivity contribution in [1.29, 1.82) is 0 Å². The minimum Gasteiger partial charge on any atom is -0.317 e. The molecule has 0 bridgehead atoms. The van der Waals surface area contributed by atoms with Gasteiger partial charge in [0.2, 0.25) is 0 Å². The van der Waals surface area contributed by atoms with Crippen molar-refractivity contribution in [3.8, 4) is 0 Å². The second-order valence-electron chi connectivity index (χ2n) is 4.72. The summed E-state index contributed by atoms with van der Waals surface area (Å²) < 4.78 is 0. The second kappa shape index (κ2) is 8.08. The van der Waals surface area contributed by atoms with Gasteiger partial charge in [0, 0.05) is 18.6 Å². The highest BCUT2D eigenvalue weighted by molar-refractivity contribution is 4.70. The van der Waals surface area contributed by atoms with Crippen LogP contribution in [-0.2, 0) is 0 Å². The van der Waals surface area contributed by atoms with Crippen molar-refractivity contribution in [2.45, 2.75) is 39.3 Å². The van der Waals surface area contributed by atoms with Gasteiger partial charge < -0.3 is 10.2 Å². The fourth-order valence-electron chi connectivity index (χ4n) is 1.84. The zero-order chi connectivity index (χ0) is 11.8. The van der Waals surface area contributed by atoms with Gasteiger partial charge in [0.25, 0.3) is 0 Å². The number of rotatable bonds is 8. The number of hydrogen-bond acceptors (Lipinski definition) is 3. The van der Waals surface area contributed by atoms with Crippen LogP contribution in [0.4, 0.5) is 0 Å². The van der Waals surface area contributed by atoms with Gasteiger partial charge in [-0.25, -0.2) is 0 Å². The zero-order valence-corrected chi connectivity index (χ0v) is 11.4. The van der Waals surface area contributed by atoms with Gasteiger partial charge >= 0.3 is 0 Å². The fourth-order valence-corrected chi connectivity index (χ4v) is 1.84. The van der Waals surface area contributed by atoms with E-state index in [1.54, 1.807) is 0 Å². The highest BCUT2D eigenvalue weighted by Gasteiger charge is 2.13. The fraction of sp³-hybridized carbons (Fsp3) is 1.00. The van der Waals surface area contributed by atoms with E-state index in [1.165, 1.54) is 13.0 Å². The van der Waals surface area contributed by atoms with Crippen molar-refractivity contribution in [2.24, 2.45) is 0 Å². The summed E-state index contributed by atoms with van der Waals surface area (Å²) >= 11 is 0. The van der Waals surface area contributed by atoms with Crippen LogP contribution in [0.5, 0.6) is 0 Å². The molecule has 0 aliphatic heterocycles. The van der Waals surface area contributed by atoms with Crippen LogP contribution >= 0.6 is 0 Å². The first kappa shape index (κ1) is 14.9. The number of nitrogens with one attached hydrogen (secondary N) is 1. The molecule has 3 heteroatoms. The highest BCUT2D eigenvalue weighted by Crippen LogP contribution is 2.03. The third kappa shape index (κ3) is 6.88. The van der Waals surface area contributed by atoms with Crippen LogP contribution in [0, 0.1) is 0 Å². The SMILES string of the molecule is CCN(CCC(C)NC)C(C)CN(C)C. The summed E-state index contributed by atoms with van der Waals surface area (Å²) in [5.41, 5.74) is 0. The summed E-state index contributed by atoms with van der Waals surface area (Å²) in [5, 5.41) is 3.29. The molecule has 0 aliphatic rings. The number of hydrogen-bond donors (Lipinski definition) is 1. The molecular weight excluding hydrogens is 186 g/mol. The van der Waals surface area contributed by atoms with Gasteiger partial charge in [-0.15, -0.1) is 0 Å². The molecule has 0 rings (SSSR count). The Hall–Kier alpha value is -0.120. The molecule has 0 aromatic rings. The summed E-state index contributed by atoms with van der Waals surface area (Å²) in [6.07, 6.45) is 1.22. The molecule has 0 saturated carbocycles. The third-order valence-corrected chi connectivity index (χ3v) is 3.00. The molecule has 0 aliphatic carbocycles. The summed E-state index contributed by atoms with van der Waals surface area (Å²) in [5.74, 6) is 0. The van der Waals surface area contributed by atoms with Crippen LogP contribution < -0.4 is 5.32 Å². The molecule has 92 valence electrons. The number of likely N-dealkylation sites (N-methyl/N-ethyl adjacent to an activating group) is 2. The van der Waals surface area contributed by atoms with Crippen LogP contribution in [0.1, 0.15) is 27.2 Å². The smallest absolute Gasteiger partial charge is 0.0194 e. The molecule has 0 aromatic heterocycles. The van der Waals surface area contributed by atoms with E-state index in [4.69, 9.17) is 0 Å². The van der Waals surface area contributed by atoms with Crippen molar-refractivity contribution >= 4 is 0 Å². The van der Waals surface area contributed by atoms with Gasteiger partial charge in [0.05, 0.1) is 0 Å². The first-order valence-electron chi connectivity index (χ1n) is 6.07. The van der Waals surface area contributed by atoms with Crippen LogP contribution in [0.25, 0.3) is 0 Å². The summed E-state index contributed by atoms with van der Waals surface area (Å²) in [7, 11) is 6.31. The normalized spacial score (nSPS) is 16.0. The Balaban J connectivity index is 3.89. The van der Waals surface area contributed by atoms with Gasteiger partial charge in [-0.3, -0.25) is 4.90 Å². The second-order valence-corrected chi connectivity index (χ2v) is 4.72. The lowest BCUT2D eigenvalue weighted by molar-refractivity contribution is 0.175. The van der Waals surface area contributed by atoms with E-state index in [0.29, 0.717) is 12.1 Å². The highest BCUT2D eigenvalue weighted by atomic mass is 15.2. The van der Waals surface area contributed by atoms with Crippen LogP contribution in [0.3, 0.4) is 0 Å². The summed E-state index contributed by atoms with van der Waals surface area (Å²) in [6.45, 7) is 10.3. The first-order valence-corrected chi connectivity index (χ1v) is 6.07. The molecule has 0 heterocycles. The quantitative estimate of drug-likeness (QED) is 0.657. The lowest BCUT2D eigenvalue weighted by Gasteiger charge is -2.30. The van der Waals surface area contributed by atoms with E-state index in [2.05, 4.69) is 50.0 Å².